The molecule has 0 saturated carbocycles. The highest BCUT2D eigenvalue weighted by molar-refractivity contribution is 6.36. The number of benzene rings is 2. The molecule has 0 aliphatic heterocycles. The van der Waals surface area contributed by atoms with E-state index in [1.165, 1.54) is 12.3 Å². The summed E-state index contributed by atoms with van der Waals surface area (Å²) in [7, 11) is 0. The van der Waals surface area contributed by atoms with E-state index in [4.69, 9.17) is 23.2 Å². The first kappa shape index (κ1) is 18.0. The molecule has 126 valence electrons. The lowest BCUT2D eigenvalue weighted by Crippen LogP contribution is -2.06. The van der Waals surface area contributed by atoms with E-state index in [1.54, 1.807) is 12.1 Å². The summed E-state index contributed by atoms with van der Waals surface area (Å²) in [5.74, 6) is 0. The molecule has 0 saturated heterocycles. The van der Waals surface area contributed by atoms with Crippen molar-refractivity contribution in [2.45, 2.75) is 6.18 Å². The van der Waals surface area contributed by atoms with Gasteiger partial charge in [0.1, 0.15) is 5.69 Å². The molecule has 1 N–H and O–H groups in total. The standard InChI is InChI=1S/C14H8Cl2F3N3O2/c15-10-3-1-8(11(16)6-10)7-20-21-12-4-2-9(14(17,18)19)5-13(12)22(23)24/h1-7,21H. The van der Waals surface area contributed by atoms with Crippen LogP contribution in [0.5, 0.6) is 0 Å². The Morgan fingerprint density at radius 1 is 1.17 bits per heavy atom. The Balaban J connectivity index is 2.26. The normalized spacial score (nSPS) is 11.7. The molecule has 0 fully saturated rings. The summed E-state index contributed by atoms with van der Waals surface area (Å²) >= 11 is 11.7. The Hall–Kier alpha value is -2.32. The fourth-order valence-electron chi connectivity index (χ4n) is 1.73. The number of rotatable bonds is 4. The van der Waals surface area contributed by atoms with Crippen LogP contribution in [0.4, 0.5) is 24.5 Å². The minimum absolute atomic E-state index is 0.186. The van der Waals surface area contributed by atoms with Crippen LogP contribution in [-0.4, -0.2) is 11.1 Å². The van der Waals surface area contributed by atoms with Gasteiger partial charge in [-0.1, -0.05) is 29.3 Å². The van der Waals surface area contributed by atoms with E-state index in [1.807, 2.05) is 0 Å². The zero-order chi connectivity index (χ0) is 17.9. The molecule has 0 radical (unpaired) electrons. The van der Waals surface area contributed by atoms with Crippen molar-refractivity contribution >= 4 is 40.8 Å². The third-order valence-electron chi connectivity index (χ3n) is 2.87. The first-order valence-corrected chi connectivity index (χ1v) is 7.04. The third-order valence-corrected chi connectivity index (χ3v) is 3.44. The van der Waals surface area contributed by atoms with E-state index in [9.17, 15) is 23.3 Å². The lowest BCUT2D eigenvalue weighted by atomic mass is 10.1. The van der Waals surface area contributed by atoms with Crippen molar-refractivity contribution in [3.05, 3.63) is 67.7 Å². The van der Waals surface area contributed by atoms with Crippen molar-refractivity contribution in [2.75, 3.05) is 5.43 Å². The number of hydrogen-bond acceptors (Lipinski definition) is 4. The fraction of sp³-hybridized carbons (Fsp3) is 0.0714. The van der Waals surface area contributed by atoms with Crippen molar-refractivity contribution in [3.63, 3.8) is 0 Å². The van der Waals surface area contributed by atoms with Gasteiger partial charge >= 0.3 is 6.18 Å². The van der Waals surface area contributed by atoms with Gasteiger partial charge in [-0.2, -0.15) is 18.3 Å². The van der Waals surface area contributed by atoms with Crippen LogP contribution in [0.25, 0.3) is 0 Å². The van der Waals surface area contributed by atoms with E-state index < -0.39 is 22.4 Å². The highest BCUT2D eigenvalue weighted by atomic mass is 35.5. The molecule has 2 aromatic carbocycles. The summed E-state index contributed by atoms with van der Waals surface area (Å²) in [4.78, 5) is 10.0. The van der Waals surface area contributed by atoms with Gasteiger partial charge in [-0.15, -0.1) is 0 Å². The van der Waals surface area contributed by atoms with Gasteiger partial charge in [-0.05, 0) is 24.3 Å². The number of nitro benzene ring substituents is 1. The Labute approximate surface area is 143 Å². The van der Waals surface area contributed by atoms with Crippen LogP contribution >= 0.6 is 23.2 Å². The number of nitrogens with zero attached hydrogens (tertiary/aromatic N) is 2. The van der Waals surface area contributed by atoms with E-state index in [2.05, 4.69) is 10.5 Å². The van der Waals surface area contributed by atoms with E-state index in [-0.39, 0.29) is 5.69 Å². The minimum Gasteiger partial charge on any atom is -0.272 e. The van der Waals surface area contributed by atoms with Crippen LogP contribution in [0, 0.1) is 10.1 Å². The highest BCUT2D eigenvalue weighted by Gasteiger charge is 2.33. The summed E-state index contributed by atoms with van der Waals surface area (Å²) in [6.07, 6.45) is -3.41. The predicted molar refractivity (Wildman–Crippen MR) is 85.8 cm³/mol. The van der Waals surface area contributed by atoms with Crippen molar-refractivity contribution in [3.8, 4) is 0 Å². The Morgan fingerprint density at radius 3 is 2.46 bits per heavy atom. The smallest absolute Gasteiger partial charge is 0.272 e. The molecule has 0 aliphatic carbocycles. The minimum atomic E-state index is -4.68. The molecule has 2 aromatic rings. The summed E-state index contributed by atoms with van der Waals surface area (Å²) in [6.45, 7) is 0. The molecule has 24 heavy (non-hydrogen) atoms. The maximum Gasteiger partial charge on any atom is 0.416 e. The second kappa shape index (κ2) is 7.06. The zero-order valence-electron chi connectivity index (χ0n) is 11.6. The van der Waals surface area contributed by atoms with Crippen LogP contribution in [0.3, 0.4) is 0 Å². The molecule has 0 spiro atoms. The van der Waals surface area contributed by atoms with Gasteiger partial charge in [0, 0.05) is 16.7 Å². The topological polar surface area (TPSA) is 67.5 Å². The predicted octanol–water partition coefficient (Wildman–Crippen LogP) is 5.37. The zero-order valence-corrected chi connectivity index (χ0v) is 13.2. The average Bonchev–Trinajstić information content (AvgIpc) is 2.48. The molecule has 2 rings (SSSR count). The Bertz CT molecular complexity index is 810. The van der Waals surface area contributed by atoms with Gasteiger partial charge in [-0.25, -0.2) is 0 Å². The molecule has 0 amide bonds. The summed E-state index contributed by atoms with van der Waals surface area (Å²) < 4.78 is 37.8. The second-order valence-corrected chi connectivity index (χ2v) is 5.37. The van der Waals surface area contributed by atoms with Gasteiger partial charge in [-0.3, -0.25) is 15.5 Å². The number of hydrazone groups is 1. The monoisotopic (exact) mass is 377 g/mol. The number of halogens is 5. The molecule has 0 bridgehead atoms. The Kier molecular flexibility index (Phi) is 5.30. The summed E-state index contributed by atoms with van der Waals surface area (Å²) in [6, 6.07) is 6.70. The number of anilines is 1. The first-order chi connectivity index (χ1) is 11.2. The summed E-state index contributed by atoms with van der Waals surface area (Å²) in [5.41, 5.74) is 0.755. The number of hydrogen-bond donors (Lipinski definition) is 1. The van der Waals surface area contributed by atoms with Gasteiger partial charge in [0.2, 0.25) is 0 Å². The molecular formula is C14H8Cl2F3N3O2. The maximum atomic E-state index is 12.6. The molecule has 5 nitrogen and oxygen atoms in total. The van der Waals surface area contributed by atoms with Gasteiger partial charge in [0.15, 0.2) is 0 Å². The SMILES string of the molecule is O=[N+]([O-])c1cc(C(F)(F)F)ccc1NN=Cc1ccc(Cl)cc1Cl. The van der Waals surface area contributed by atoms with Crippen LogP contribution in [-0.2, 0) is 6.18 Å². The molecule has 0 unspecified atom stereocenters. The van der Waals surface area contributed by atoms with Crippen LogP contribution in [0.1, 0.15) is 11.1 Å². The number of alkyl halides is 3. The van der Waals surface area contributed by atoms with Gasteiger partial charge < -0.3 is 0 Å². The van der Waals surface area contributed by atoms with Crippen LogP contribution in [0.2, 0.25) is 10.0 Å². The molecule has 0 atom stereocenters. The van der Waals surface area contributed by atoms with Crippen molar-refractivity contribution in [2.24, 2.45) is 5.10 Å². The lowest BCUT2D eigenvalue weighted by Gasteiger charge is -2.08. The van der Waals surface area contributed by atoms with E-state index >= 15 is 0 Å². The fourth-order valence-corrected chi connectivity index (χ4v) is 2.19. The van der Waals surface area contributed by atoms with E-state index in [0.29, 0.717) is 21.7 Å². The number of nitro groups is 1. The molecule has 0 aromatic heterocycles. The quantitative estimate of drug-likeness (QED) is 0.442. The van der Waals surface area contributed by atoms with Gasteiger partial charge in [0.05, 0.1) is 21.7 Å². The second-order valence-electron chi connectivity index (χ2n) is 4.52. The number of nitrogens with one attached hydrogen (secondary N) is 1. The summed E-state index contributed by atoms with van der Waals surface area (Å²) in [5, 5.41) is 15.4. The molecule has 10 heteroatoms. The van der Waals surface area contributed by atoms with E-state index in [0.717, 1.165) is 12.1 Å². The lowest BCUT2D eigenvalue weighted by molar-refractivity contribution is -0.384. The molecular weight excluding hydrogens is 370 g/mol. The maximum absolute atomic E-state index is 12.6. The van der Waals surface area contributed by atoms with Crippen LogP contribution < -0.4 is 5.43 Å². The highest BCUT2D eigenvalue weighted by Crippen LogP contribution is 2.35. The van der Waals surface area contributed by atoms with Crippen molar-refractivity contribution < 1.29 is 18.1 Å². The third kappa shape index (κ3) is 4.36. The van der Waals surface area contributed by atoms with Gasteiger partial charge in [0.25, 0.3) is 5.69 Å². The largest absolute Gasteiger partial charge is 0.416 e. The van der Waals surface area contributed by atoms with Crippen molar-refractivity contribution in [1.82, 2.24) is 0 Å². The van der Waals surface area contributed by atoms with Crippen molar-refractivity contribution in [1.29, 1.82) is 0 Å². The van der Waals surface area contributed by atoms with Crippen LogP contribution in [0.15, 0.2) is 41.5 Å². The Morgan fingerprint density at radius 2 is 1.88 bits per heavy atom. The first-order valence-electron chi connectivity index (χ1n) is 6.28. The molecule has 0 aliphatic rings. The molecule has 0 heterocycles. The average molecular weight is 378 g/mol.